The van der Waals surface area contributed by atoms with Crippen molar-refractivity contribution < 1.29 is 4.42 Å². The van der Waals surface area contributed by atoms with Gasteiger partial charge in [-0.3, -0.25) is 0 Å². The summed E-state index contributed by atoms with van der Waals surface area (Å²) in [5.74, 6) is 0.356. The Labute approximate surface area is 164 Å². The van der Waals surface area contributed by atoms with E-state index in [1.807, 2.05) is 0 Å². The molecule has 6 rings (SSSR count). The third-order valence-electron chi connectivity index (χ3n) is 6.43. The fraction of sp³-hybridized carbons (Fsp3) is 0.111. The van der Waals surface area contributed by atoms with Crippen molar-refractivity contribution in [3.63, 3.8) is 0 Å². The molecule has 28 heavy (non-hydrogen) atoms. The van der Waals surface area contributed by atoms with Crippen molar-refractivity contribution in [3.8, 4) is 11.1 Å². The minimum atomic E-state index is -0.213. The molecule has 1 heterocycles. The molecule has 0 amide bonds. The van der Waals surface area contributed by atoms with Crippen LogP contribution in [0.25, 0.3) is 22.1 Å². The van der Waals surface area contributed by atoms with E-state index in [4.69, 9.17) is 4.42 Å². The molecule has 3 aromatic carbocycles. The third-order valence-corrected chi connectivity index (χ3v) is 6.43. The van der Waals surface area contributed by atoms with Crippen molar-refractivity contribution in [2.45, 2.75) is 11.8 Å². The van der Waals surface area contributed by atoms with Crippen LogP contribution in [0.3, 0.4) is 0 Å². The van der Waals surface area contributed by atoms with Crippen LogP contribution in [0, 0.1) is 5.92 Å². The predicted molar refractivity (Wildman–Crippen MR) is 114 cm³/mol. The zero-order valence-corrected chi connectivity index (χ0v) is 15.5. The first-order valence-corrected chi connectivity index (χ1v) is 9.89. The summed E-state index contributed by atoms with van der Waals surface area (Å²) in [5.41, 5.74) is 7.51. The summed E-state index contributed by atoms with van der Waals surface area (Å²) in [6, 6.07) is 26.5. The zero-order chi connectivity index (χ0) is 18.6. The topological polar surface area (TPSA) is 13.1 Å². The number of benzene rings is 3. The maximum absolute atomic E-state index is 5.83. The van der Waals surface area contributed by atoms with Gasteiger partial charge in [0.1, 0.15) is 5.58 Å². The van der Waals surface area contributed by atoms with Gasteiger partial charge < -0.3 is 4.42 Å². The molecule has 1 aromatic heterocycles. The molecule has 2 aliphatic rings. The van der Waals surface area contributed by atoms with E-state index in [1.165, 1.54) is 27.8 Å². The normalized spacial score (nSPS) is 22.4. The van der Waals surface area contributed by atoms with Crippen molar-refractivity contribution in [3.05, 3.63) is 120 Å². The molecular weight excluding hydrogens is 340 g/mol. The van der Waals surface area contributed by atoms with Crippen molar-refractivity contribution in [1.29, 1.82) is 0 Å². The summed E-state index contributed by atoms with van der Waals surface area (Å²) in [4.78, 5) is 0. The molecule has 1 heteroatoms. The highest BCUT2D eigenvalue weighted by Gasteiger charge is 2.49. The average Bonchev–Trinajstić information content (AvgIpc) is 3.34. The van der Waals surface area contributed by atoms with Gasteiger partial charge >= 0.3 is 0 Å². The molecule has 0 saturated carbocycles. The summed E-state index contributed by atoms with van der Waals surface area (Å²) >= 11 is 0. The first kappa shape index (κ1) is 15.7. The Morgan fingerprint density at radius 3 is 2.50 bits per heavy atom. The first-order chi connectivity index (χ1) is 13.9. The fourth-order valence-electron chi connectivity index (χ4n) is 5.29. The largest absolute Gasteiger partial charge is 0.464 e. The van der Waals surface area contributed by atoms with Crippen LogP contribution in [0.1, 0.15) is 23.1 Å². The number of hydrogen-bond acceptors (Lipinski definition) is 1. The highest BCUT2D eigenvalue weighted by molar-refractivity contribution is 5.92. The van der Waals surface area contributed by atoms with Crippen molar-refractivity contribution >= 4 is 11.0 Å². The van der Waals surface area contributed by atoms with Gasteiger partial charge in [0.05, 0.1) is 11.7 Å². The second-order valence-corrected chi connectivity index (χ2v) is 7.73. The Kier molecular flexibility index (Phi) is 3.28. The van der Waals surface area contributed by atoms with Crippen molar-refractivity contribution in [2.24, 2.45) is 5.92 Å². The molecule has 0 spiro atoms. The highest BCUT2D eigenvalue weighted by Crippen LogP contribution is 2.58. The summed E-state index contributed by atoms with van der Waals surface area (Å²) in [6.07, 6.45) is 11.8. The summed E-state index contributed by atoms with van der Waals surface area (Å²) in [7, 11) is 0. The second kappa shape index (κ2) is 5.84. The third kappa shape index (κ3) is 1.96. The van der Waals surface area contributed by atoms with E-state index in [0.29, 0.717) is 5.92 Å². The predicted octanol–water partition coefficient (Wildman–Crippen LogP) is 6.88. The molecule has 2 atom stereocenters. The summed E-state index contributed by atoms with van der Waals surface area (Å²) in [5, 5.41) is 1.16. The molecule has 0 N–H and O–H groups in total. The molecule has 0 aliphatic heterocycles. The van der Waals surface area contributed by atoms with Gasteiger partial charge in [-0.15, -0.1) is 0 Å². The fourth-order valence-corrected chi connectivity index (χ4v) is 5.29. The minimum Gasteiger partial charge on any atom is -0.464 e. The molecule has 0 bridgehead atoms. The number of rotatable bonds is 2. The van der Waals surface area contributed by atoms with Crippen LogP contribution in [0.15, 0.2) is 108 Å². The Morgan fingerprint density at radius 1 is 0.786 bits per heavy atom. The molecule has 0 fully saturated rings. The molecule has 0 saturated heterocycles. The van der Waals surface area contributed by atoms with E-state index < -0.39 is 0 Å². The van der Waals surface area contributed by atoms with E-state index in [0.717, 1.165) is 17.4 Å². The molecule has 1 nitrogen and oxygen atoms in total. The van der Waals surface area contributed by atoms with Crippen LogP contribution in [0.5, 0.6) is 0 Å². The monoisotopic (exact) mass is 360 g/mol. The second-order valence-electron chi connectivity index (χ2n) is 7.73. The standard InChI is InChI=1S/C27H20O/c1-3-9-20(10-4-1)27(21-11-5-2-6-12-21)24-14-8-7-13-22(24)23-17-19-15-16-28-26(19)18-25(23)27/h1-11,13-18,21H,12H2. The Hall–Kier alpha value is -3.32. The Morgan fingerprint density at radius 2 is 1.64 bits per heavy atom. The lowest BCUT2D eigenvalue weighted by Gasteiger charge is -2.39. The lowest BCUT2D eigenvalue weighted by molar-refractivity contribution is 0.457. The minimum absolute atomic E-state index is 0.213. The SMILES string of the molecule is C1=CCC(C2(c3ccccc3)c3ccccc3-c3cc4ccoc4cc32)C=C1. The average molecular weight is 360 g/mol. The van der Waals surface area contributed by atoms with Gasteiger partial charge in [-0.2, -0.15) is 0 Å². The quantitative estimate of drug-likeness (QED) is 0.380. The van der Waals surface area contributed by atoms with Gasteiger partial charge in [-0.25, -0.2) is 0 Å². The maximum Gasteiger partial charge on any atom is 0.134 e. The molecule has 134 valence electrons. The number of furan rings is 1. The van der Waals surface area contributed by atoms with Gasteiger partial charge in [-0.1, -0.05) is 78.9 Å². The molecule has 2 unspecified atom stereocenters. The van der Waals surface area contributed by atoms with Gasteiger partial charge in [-0.05, 0) is 58.4 Å². The summed E-state index contributed by atoms with van der Waals surface area (Å²) in [6.45, 7) is 0. The van der Waals surface area contributed by atoms with Gasteiger partial charge in [0, 0.05) is 5.39 Å². The molecule has 2 aliphatic carbocycles. The van der Waals surface area contributed by atoms with E-state index in [1.54, 1.807) is 6.26 Å². The Bertz CT molecular complexity index is 1240. The van der Waals surface area contributed by atoms with Crippen LogP contribution in [0.2, 0.25) is 0 Å². The first-order valence-electron chi connectivity index (χ1n) is 9.89. The maximum atomic E-state index is 5.83. The van der Waals surface area contributed by atoms with Gasteiger partial charge in [0.25, 0.3) is 0 Å². The van der Waals surface area contributed by atoms with Crippen LogP contribution in [-0.2, 0) is 5.41 Å². The van der Waals surface area contributed by atoms with Crippen LogP contribution in [0.4, 0.5) is 0 Å². The van der Waals surface area contributed by atoms with Gasteiger partial charge in [0.2, 0.25) is 0 Å². The van der Waals surface area contributed by atoms with E-state index in [2.05, 4.69) is 97.1 Å². The van der Waals surface area contributed by atoms with E-state index in [9.17, 15) is 0 Å². The molecule has 4 aromatic rings. The number of allylic oxidation sites excluding steroid dienone is 4. The van der Waals surface area contributed by atoms with Crippen LogP contribution >= 0.6 is 0 Å². The van der Waals surface area contributed by atoms with E-state index in [-0.39, 0.29) is 5.41 Å². The number of hydrogen-bond donors (Lipinski definition) is 0. The van der Waals surface area contributed by atoms with Gasteiger partial charge in [0.15, 0.2) is 0 Å². The smallest absolute Gasteiger partial charge is 0.134 e. The molecular formula is C27H20O. The summed E-state index contributed by atoms with van der Waals surface area (Å²) < 4.78 is 5.83. The lowest BCUT2D eigenvalue weighted by Crippen LogP contribution is -2.35. The highest BCUT2D eigenvalue weighted by atomic mass is 16.3. The van der Waals surface area contributed by atoms with Crippen LogP contribution < -0.4 is 0 Å². The molecule has 0 radical (unpaired) electrons. The zero-order valence-electron chi connectivity index (χ0n) is 15.5. The van der Waals surface area contributed by atoms with Crippen molar-refractivity contribution in [2.75, 3.05) is 0 Å². The number of fused-ring (bicyclic) bond motifs is 4. The van der Waals surface area contributed by atoms with Crippen molar-refractivity contribution in [1.82, 2.24) is 0 Å². The Balaban J connectivity index is 1.78. The van der Waals surface area contributed by atoms with Crippen LogP contribution in [-0.4, -0.2) is 0 Å². The van der Waals surface area contributed by atoms with E-state index >= 15 is 0 Å². The lowest BCUT2D eigenvalue weighted by atomic mass is 9.62.